The van der Waals surface area contributed by atoms with E-state index < -0.39 is 31.1 Å². The van der Waals surface area contributed by atoms with Gasteiger partial charge >= 0.3 is 0 Å². The van der Waals surface area contributed by atoms with Crippen LogP contribution in [0.1, 0.15) is 0 Å². The zero-order valence-corrected chi connectivity index (χ0v) is 6.17. The van der Waals surface area contributed by atoms with Crippen LogP contribution < -0.4 is 0 Å². The van der Waals surface area contributed by atoms with Crippen molar-refractivity contribution in [2.24, 2.45) is 0 Å². The van der Waals surface area contributed by atoms with Crippen molar-refractivity contribution in [2.75, 3.05) is 6.61 Å². The lowest BCUT2D eigenvalue weighted by atomic mass is 10.1. The molecule has 0 rings (SSSR count). The van der Waals surface area contributed by atoms with Crippen molar-refractivity contribution in [3.8, 4) is 0 Å². The molecule has 0 saturated heterocycles. The van der Waals surface area contributed by atoms with E-state index in [0.29, 0.717) is 0 Å². The van der Waals surface area contributed by atoms with Gasteiger partial charge in [0.25, 0.3) is 0 Å². The van der Waals surface area contributed by atoms with Crippen LogP contribution in [-0.4, -0.2) is 57.8 Å². The maximum Gasteiger partial charge on any atom is 0.157 e. The van der Waals surface area contributed by atoms with E-state index in [9.17, 15) is 9.18 Å². The van der Waals surface area contributed by atoms with Crippen LogP contribution >= 0.6 is 0 Å². The van der Waals surface area contributed by atoms with E-state index >= 15 is 0 Å². The smallest absolute Gasteiger partial charge is 0.157 e. The molecule has 0 heterocycles. The molecule has 0 aromatic carbocycles. The first-order chi connectivity index (χ1) is 5.54. The van der Waals surface area contributed by atoms with Crippen molar-refractivity contribution in [1.29, 1.82) is 0 Å². The SMILES string of the molecule is O=C[C@@H](O)[C@@H](O)[C@@H](F)[C@H](O)CO. The molecule has 0 unspecified atom stereocenters. The van der Waals surface area contributed by atoms with Crippen LogP contribution in [0.3, 0.4) is 0 Å². The standard InChI is InChI=1S/C6H11FO5/c7-5(3(10)1-8)6(12)4(11)2-9/h2-6,8,10-12H,1H2/t3-,4-,5+,6-/m1/s1. The summed E-state index contributed by atoms with van der Waals surface area (Å²) in [5, 5.41) is 34.2. The molecule has 0 saturated carbocycles. The molecule has 5 nitrogen and oxygen atoms in total. The van der Waals surface area contributed by atoms with E-state index in [1.807, 2.05) is 0 Å². The van der Waals surface area contributed by atoms with E-state index in [4.69, 9.17) is 20.4 Å². The Morgan fingerprint density at radius 1 is 1.33 bits per heavy atom. The number of alkyl halides is 1. The van der Waals surface area contributed by atoms with Crippen LogP contribution in [-0.2, 0) is 4.79 Å². The Morgan fingerprint density at radius 3 is 2.17 bits per heavy atom. The molecule has 4 N–H and O–H groups in total. The molecular formula is C6H11FO5. The number of carbonyl (C=O) groups is 1. The normalized spacial score (nSPS) is 21.1. The van der Waals surface area contributed by atoms with Gasteiger partial charge < -0.3 is 25.2 Å². The highest BCUT2D eigenvalue weighted by Gasteiger charge is 2.31. The molecule has 0 aromatic rings. The highest BCUT2D eigenvalue weighted by atomic mass is 19.1. The van der Waals surface area contributed by atoms with Crippen molar-refractivity contribution < 1.29 is 29.6 Å². The fraction of sp³-hybridized carbons (Fsp3) is 0.833. The minimum atomic E-state index is -2.24. The number of hydrogen-bond acceptors (Lipinski definition) is 5. The molecule has 0 aromatic heterocycles. The summed E-state index contributed by atoms with van der Waals surface area (Å²) < 4.78 is 12.6. The molecule has 0 spiro atoms. The summed E-state index contributed by atoms with van der Waals surface area (Å²) >= 11 is 0. The van der Waals surface area contributed by atoms with Gasteiger partial charge in [-0.2, -0.15) is 0 Å². The summed E-state index contributed by atoms with van der Waals surface area (Å²) in [4.78, 5) is 9.84. The average molecular weight is 182 g/mol. The van der Waals surface area contributed by atoms with Gasteiger partial charge in [-0.3, -0.25) is 0 Å². The highest BCUT2D eigenvalue weighted by Crippen LogP contribution is 2.07. The minimum Gasteiger partial charge on any atom is -0.394 e. The van der Waals surface area contributed by atoms with Crippen LogP contribution in [0.4, 0.5) is 4.39 Å². The first-order valence-corrected chi connectivity index (χ1v) is 3.29. The summed E-state index contributed by atoms with van der Waals surface area (Å²) in [5.41, 5.74) is 0. The van der Waals surface area contributed by atoms with E-state index in [0.717, 1.165) is 0 Å². The number of halogens is 1. The molecular weight excluding hydrogens is 171 g/mol. The van der Waals surface area contributed by atoms with Crippen molar-refractivity contribution in [1.82, 2.24) is 0 Å². The Hall–Kier alpha value is -0.560. The Bertz CT molecular complexity index is 142. The third-order valence-electron chi connectivity index (χ3n) is 1.37. The van der Waals surface area contributed by atoms with Gasteiger partial charge in [-0.25, -0.2) is 4.39 Å². The van der Waals surface area contributed by atoms with Crippen molar-refractivity contribution in [2.45, 2.75) is 24.5 Å². The van der Waals surface area contributed by atoms with Gasteiger partial charge in [0.15, 0.2) is 12.5 Å². The van der Waals surface area contributed by atoms with Crippen LogP contribution in [0.15, 0.2) is 0 Å². The van der Waals surface area contributed by atoms with Gasteiger partial charge in [-0.05, 0) is 0 Å². The van der Waals surface area contributed by atoms with Gasteiger partial charge in [0, 0.05) is 0 Å². The summed E-state index contributed by atoms with van der Waals surface area (Å²) in [6, 6.07) is 0. The fourth-order valence-corrected chi connectivity index (χ4v) is 0.597. The van der Waals surface area contributed by atoms with Crippen molar-refractivity contribution in [3.05, 3.63) is 0 Å². The topological polar surface area (TPSA) is 98.0 Å². The quantitative estimate of drug-likeness (QED) is 0.355. The largest absolute Gasteiger partial charge is 0.394 e. The van der Waals surface area contributed by atoms with E-state index in [2.05, 4.69) is 0 Å². The lowest BCUT2D eigenvalue weighted by molar-refractivity contribution is -0.127. The number of aliphatic hydroxyl groups is 4. The Kier molecular flexibility index (Phi) is 4.91. The predicted molar refractivity (Wildman–Crippen MR) is 36.1 cm³/mol. The zero-order chi connectivity index (χ0) is 9.72. The first kappa shape index (κ1) is 11.4. The number of carbonyl (C=O) groups excluding carboxylic acids is 1. The van der Waals surface area contributed by atoms with Crippen molar-refractivity contribution in [3.63, 3.8) is 0 Å². The number of aliphatic hydroxyl groups excluding tert-OH is 4. The summed E-state index contributed by atoms with van der Waals surface area (Å²) in [7, 11) is 0. The van der Waals surface area contributed by atoms with Crippen LogP contribution in [0.2, 0.25) is 0 Å². The predicted octanol–water partition coefficient (Wildman–Crippen LogP) is -2.40. The second kappa shape index (κ2) is 5.15. The molecule has 0 aliphatic rings. The van der Waals surface area contributed by atoms with Gasteiger partial charge in [-0.1, -0.05) is 0 Å². The Labute approximate surface area is 68.1 Å². The molecule has 0 bridgehead atoms. The zero-order valence-electron chi connectivity index (χ0n) is 6.17. The highest BCUT2D eigenvalue weighted by molar-refractivity contribution is 5.56. The van der Waals surface area contributed by atoms with Gasteiger partial charge in [0.1, 0.15) is 18.3 Å². The Morgan fingerprint density at radius 2 is 1.83 bits per heavy atom. The first-order valence-electron chi connectivity index (χ1n) is 3.29. The van der Waals surface area contributed by atoms with Crippen LogP contribution in [0.25, 0.3) is 0 Å². The molecule has 0 radical (unpaired) electrons. The molecule has 0 aliphatic carbocycles. The fourth-order valence-electron chi connectivity index (χ4n) is 0.597. The lowest BCUT2D eigenvalue weighted by Gasteiger charge is -2.20. The maximum absolute atomic E-state index is 12.6. The summed E-state index contributed by atoms with van der Waals surface area (Å²) in [6.45, 7) is -0.885. The Balaban J connectivity index is 4.07. The van der Waals surface area contributed by atoms with E-state index in [1.54, 1.807) is 0 Å². The van der Waals surface area contributed by atoms with E-state index in [1.165, 1.54) is 0 Å². The summed E-state index contributed by atoms with van der Waals surface area (Å²) in [5.74, 6) is 0. The second-order valence-corrected chi connectivity index (χ2v) is 2.31. The van der Waals surface area contributed by atoms with E-state index in [-0.39, 0.29) is 6.29 Å². The lowest BCUT2D eigenvalue weighted by Crippen LogP contribution is -2.43. The van der Waals surface area contributed by atoms with Gasteiger partial charge in [-0.15, -0.1) is 0 Å². The maximum atomic E-state index is 12.6. The molecule has 0 aliphatic heterocycles. The third kappa shape index (κ3) is 2.82. The molecule has 0 amide bonds. The van der Waals surface area contributed by atoms with Gasteiger partial charge in [0.2, 0.25) is 0 Å². The van der Waals surface area contributed by atoms with Crippen LogP contribution in [0, 0.1) is 0 Å². The molecule has 6 heteroatoms. The minimum absolute atomic E-state index is 0.0542. The van der Waals surface area contributed by atoms with Gasteiger partial charge in [0.05, 0.1) is 6.61 Å². The monoisotopic (exact) mass is 182 g/mol. The number of hydrogen-bond donors (Lipinski definition) is 4. The second-order valence-electron chi connectivity index (χ2n) is 2.31. The molecule has 72 valence electrons. The number of aldehydes is 1. The summed E-state index contributed by atoms with van der Waals surface area (Å²) in [6.07, 6.45) is -7.99. The third-order valence-corrected chi connectivity index (χ3v) is 1.37. The number of rotatable bonds is 5. The molecule has 4 atom stereocenters. The van der Waals surface area contributed by atoms with Crippen molar-refractivity contribution >= 4 is 6.29 Å². The van der Waals surface area contributed by atoms with Crippen LogP contribution in [0.5, 0.6) is 0 Å². The average Bonchev–Trinajstić information content (AvgIpc) is 2.12. The molecule has 12 heavy (non-hydrogen) atoms. The molecule has 0 fully saturated rings.